The standard InChI is InChI=1S/C23H18ClN7O4S2/c24-16-1-3-21(18(10-16)19-11-22(27-13-26-19)31-5-7-34-8-6-31)35-20-4-2-17(9-15(20)12-25)37(32,33)30-23-29-28-14-36-23/h1-4,9-11,13-14H,5-8H2,(H,29,30). The van der Waals surface area contributed by atoms with Crippen LogP contribution in [0.1, 0.15) is 5.56 Å². The van der Waals surface area contributed by atoms with Crippen molar-refractivity contribution in [3.8, 4) is 28.8 Å². The second-order valence-electron chi connectivity index (χ2n) is 7.72. The van der Waals surface area contributed by atoms with Gasteiger partial charge in [0.25, 0.3) is 10.0 Å². The molecule has 188 valence electrons. The highest BCUT2D eigenvalue weighted by Gasteiger charge is 2.20. The molecule has 1 aliphatic rings. The molecule has 3 heterocycles. The van der Waals surface area contributed by atoms with Crippen LogP contribution in [-0.2, 0) is 14.8 Å². The third-order valence-electron chi connectivity index (χ3n) is 5.39. The number of rotatable bonds is 7. The van der Waals surface area contributed by atoms with E-state index in [1.54, 1.807) is 18.2 Å². The highest BCUT2D eigenvalue weighted by molar-refractivity contribution is 7.93. The molecule has 4 aromatic rings. The van der Waals surface area contributed by atoms with Gasteiger partial charge in [-0.1, -0.05) is 22.9 Å². The number of sulfonamides is 1. The van der Waals surface area contributed by atoms with Gasteiger partial charge in [0.15, 0.2) is 0 Å². The number of anilines is 2. The van der Waals surface area contributed by atoms with Crippen molar-refractivity contribution in [2.45, 2.75) is 4.90 Å². The van der Waals surface area contributed by atoms with Gasteiger partial charge in [-0.3, -0.25) is 4.72 Å². The maximum absolute atomic E-state index is 12.7. The number of hydrogen-bond donors (Lipinski definition) is 1. The smallest absolute Gasteiger partial charge is 0.263 e. The molecule has 14 heteroatoms. The number of hydrogen-bond acceptors (Lipinski definition) is 11. The SMILES string of the molecule is N#Cc1cc(S(=O)(=O)Nc2nncs2)ccc1Oc1ccc(Cl)cc1-c1cc(N2CCOCC2)ncn1. The Balaban J connectivity index is 1.46. The highest BCUT2D eigenvalue weighted by atomic mass is 35.5. The zero-order valence-corrected chi connectivity index (χ0v) is 21.4. The fourth-order valence-corrected chi connectivity index (χ4v) is 5.50. The lowest BCUT2D eigenvalue weighted by molar-refractivity contribution is 0.122. The first kappa shape index (κ1) is 24.8. The maximum atomic E-state index is 12.7. The minimum absolute atomic E-state index is 0.0257. The van der Waals surface area contributed by atoms with Crippen molar-refractivity contribution >= 4 is 43.9 Å². The Morgan fingerprint density at radius 2 is 1.92 bits per heavy atom. The lowest BCUT2D eigenvalue weighted by atomic mass is 10.1. The fraction of sp³-hybridized carbons (Fsp3) is 0.174. The molecule has 1 aliphatic heterocycles. The number of aromatic nitrogens is 4. The van der Waals surface area contributed by atoms with Gasteiger partial charge < -0.3 is 14.4 Å². The van der Waals surface area contributed by atoms with E-state index in [1.165, 1.54) is 30.0 Å². The van der Waals surface area contributed by atoms with Gasteiger partial charge in [-0.05, 0) is 36.4 Å². The van der Waals surface area contributed by atoms with Crippen LogP contribution in [0.25, 0.3) is 11.3 Å². The Labute approximate surface area is 221 Å². The summed E-state index contributed by atoms with van der Waals surface area (Å²) >= 11 is 7.32. The highest BCUT2D eigenvalue weighted by Crippen LogP contribution is 2.37. The van der Waals surface area contributed by atoms with Crippen molar-refractivity contribution in [3.63, 3.8) is 0 Å². The van der Waals surface area contributed by atoms with Crippen LogP contribution in [0.3, 0.4) is 0 Å². The largest absolute Gasteiger partial charge is 0.455 e. The summed E-state index contributed by atoms with van der Waals surface area (Å²) in [5.41, 5.74) is 2.59. The van der Waals surface area contributed by atoms with Gasteiger partial charge in [0.05, 0.1) is 29.4 Å². The summed E-state index contributed by atoms with van der Waals surface area (Å²) in [6.07, 6.45) is 1.47. The molecule has 2 aromatic heterocycles. The quantitative estimate of drug-likeness (QED) is 0.356. The molecule has 11 nitrogen and oxygen atoms in total. The van der Waals surface area contributed by atoms with Gasteiger partial charge in [-0.2, -0.15) is 5.26 Å². The van der Waals surface area contributed by atoms with Crippen LogP contribution in [-0.4, -0.2) is 54.9 Å². The third kappa shape index (κ3) is 5.62. The first-order chi connectivity index (χ1) is 17.9. The molecule has 0 radical (unpaired) electrons. The molecular formula is C23H18ClN7O4S2. The number of nitrogens with zero attached hydrogens (tertiary/aromatic N) is 6. The summed E-state index contributed by atoms with van der Waals surface area (Å²) in [4.78, 5) is 10.8. The summed E-state index contributed by atoms with van der Waals surface area (Å²) in [5, 5.41) is 17.6. The summed E-state index contributed by atoms with van der Waals surface area (Å²) in [5.74, 6) is 1.30. The Kier molecular flexibility index (Phi) is 7.15. The number of morpholine rings is 1. The van der Waals surface area contributed by atoms with Crippen molar-refractivity contribution in [2.24, 2.45) is 0 Å². The van der Waals surface area contributed by atoms with Gasteiger partial charge in [0, 0.05) is 29.7 Å². The first-order valence-electron chi connectivity index (χ1n) is 10.9. The zero-order valence-electron chi connectivity index (χ0n) is 19.0. The molecule has 0 unspecified atom stereocenters. The van der Waals surface area contributed by atoms with Crippen LogP contribution in [0.2, 0.25) is 5.02 Å². The van der Waals surface area contributed by atoms with Gasteiger partial charge in [0.1, 0.15) is 35.2 Å². The predicted octanol–water partition coefficient (Wildman–Crippen LogP) is 3.95. The normalized spacial score (nSPS) is 13.7. The van der Waals surface area contributed by atoms with Crippen LogP contribution in [0.4, 0.5) is 10.9 Å². The number of nitrogens with one attached hydrogen (secondary N) is 1. The van der Waals surface area contributed by atoms with Gasteiger partial charge in [-0.15, -0.1) is 10.2 Å². The lowest BCUT2D eigenvalue weighted by Crippen LogP contribution is -2.36. The molecule has 0 bridgehead atoms. The Bertz CT molecular complexity index is 1570. The lowest BCUT2D eigenvalue weighted by Gasteiger charge is -2.27. The number of halogens is 1. The Hall–Kier alpha value is -3.83. The molecule has 1 fully saturated rings. The van der Waals surface area contributed by atoms with E-state index in [9.17, 15) is 13.7 Å². The molecular weight excluding hydrogens is 538 g/mol. The van der Waals surface area contributed by atoms with Gasteiger partial charge >= 0.3 is 0 Å². The summed E-state index contributed by atoms with van der Waals surface area (Å²) in [6.45, 7) is 2.65. The van der Waals surface area contributed by atoms with Crippen LogP contribution >= 0.6 is 22.9 Å². The van der Waals surface area contributed by atoms with Gasteiger partial charge in [-0.25, -0.2) is 18.4 Å². The molecule has 37 heavy (non-hydrogen) atoms. The minimum atomic E-state index is -3.97. The molecule has 0 amide bonds. The van der Waals surface area contributed by atoms with E-state index < -0.39 is 10.0 Å². The molecule has 0 aliphatic carbocycles. The third-order valence-corrected chi connectivity index (χ3v) is 7.70. The van der Waals surface area contributed by atoms with E-state index in [4.69, 9.17) is 21.1 Å². The predicted molar refractivity (Wildman–Crippen MR) is 137 cm³/mol. The van der Waals surface area contributed by atoms with Crippen LogP contribution in [0.15, 0.2) is 59.2 Å². The first-order valence-corrected chi connectivity index (χ1v) is 13.6. The van der Waals surface area contributed by atoms with E-state index in [1.807, 2.05) is 12.1 Å². The Morgan fingerprint density at radius 3 is 2.68 bits per heavy atom. The summed E-state index contributed by atoms with van der Waals surface area (Å²) in [6, 6.07) is 12.9. The van der Waals surface area contributed by atoms with E-state index >= 15 is 0 Å². The number of benzene rings is 2. The van der Waals surface area contributed by atoms with E-state index in [0.717, 1.165) is 17.2 Å². The van der Waals surface area contributed by atoms with Gasteiger partial charge in [0.2, 0.25) is 5.13 Å². The second kappa shape index (κ2) is 10.7. The average Bonchev–Trinajstić information content (AvgIpc) is 3.42. The van der Waals surface area contributed by atoms with Crippen LogP contribution in [0, 0.1) is 11.3 Å². The van der Waals surface area contributed by atoms with E-state index in [2.05, 4.69) is 29.8 Å². The molecule has 0 saturated carbocycles. The second-order valence-corrected chi connectivity index (χ2v) is 10.7. The molecule has 2 aromatic carbocycles. The average molecular weight is 556 g/mol. The van der Waals surface area contributed by atoms with Crippen molar-refractivity contribution in [1.29, 1.82) is 5.26 Å². The van der Waals surface area contributed by atoms with Crippen molar-refractivity contribution < 1.29 is 17.9 Å². The van der Waals surface area contributed by atoms with Crippen molar-refractivity contribution in [3.05, 3.63) is 64.9 Å². The monoisotopic (exact) mass is 555 g/mol. The number of nitriles is 1. The van der Waals surface area contributed by atoms with Crippen molar-refractivity contribution in [1.82, 2.24) is 20.2 Å². The minimum Gasteiger partial charge on any atom is -0.455 e. The maximum Gasteiger partial charge on any atom is 0.263 e. The van der Waals surface area contributed by atoms with Crippen LogP contribution in [0.5, 0.6) is 11.5 Å². The fourth-order valence-electron chi connectivity index (χ4n) is 3.61. The van der Waals surface area contributed by atoms with E-state index in [0.29, 0.717) is 48.3 Å². The number of ether oxygens (including phenoxy) is 2. The van der Waals surface area contributed by atoms with Crippen molar-refractivity contribution in [2.75, 3.05) is 35.9 Å². The topological polar surface area (TPSA) is 143 Å². The molecule has 0 spiro atoms. The summed E-state index contributed by atoms with van der Waals surface area (Å²) < 4.78 is 39.3. The molecule has 5 rings (SSSR count). The summed E-state index contributed by atoms with van der Waals surface area (Å²) in [7, 11) is -3.97. The Morgan fingerprint density at radius 1 is 1.11 bits per heavy atom. The van der Waals surface area contributed by atoms with Crippen LogP contribution < -0.4 is 14.4 Å². The molecule has 0 atom stereocenters. The molecule has 1 N–H and O–H groups in total. The molecule has 1 saturated heterocycles. The zero-order chi connectivity index (χ0) is 25.8. The van der Waals surface area contributed by atoms with E-state index in [-0.39, 0.29) is 21.3 Å².